The SMILES string of the molecule is CN(CCO[Si](C)(C)C(C)(C)C)CCC(CSc1ccccc1)Nc1ccc(S(=O)(=O)NC(=O)c2ccc(N3CCC([C@@H](O)c4ccccc4-c4ccc(Cl)cc4)CC3)cc2)cc1S(=O)(=O)C(F)(F)F. The Bertz CT molecular complexity index is 2780. The Morgan fingerprint density at radius 2 is 1.51 bits per heavy atom. The van der Waals surface area contributed by atoms with E-state index >= 15 is 0 Å². The molecule has 1 aliphatic rings. The highest BCUT2D eigenvalue weighted by molar-refractivity contribution is 7.99. The van der Waals surface area contributed by atoms with Crippen LogP contribution in [0.2, 0.25) is 23.2 Å². The zero-order valence-electron chi connectivity index (χ0n) is 40.2. The summed E-state index contributed by atoms with van der Waals surface area (Å²) in [6, 6.07) is 32.6. The van der Waals surface area contributed by atoms with Crippen LogP contribution in [-0.4, -0.2) is 98.2 Å². The van der Waals surface area contributed by atoms with Crippen LogP contribution in [0, 0.1) is 5.92 Å². The highest BCUT2D eigenvalue weighted by Gasteiger charge is 2.48. The number of amides is 1. The van der Waals surface area contributed by atoms with Crippen LogP contribution in [0.5, 0.6) is 0 Å². The van der Waals surface area contributed by atoms with Crippen LogP contribution in [0.4, 0.5) is 24.5 Å². The van der Waals surface area contributed by atoms with Gasteiger partial charge in [0.05, 0.1) is 16.7 Å². The van der Waals surface area contributed by atoms with Gasteiger partial charge in [-0.05, 0) is 140 Å². The molecule has 70 heavy (non-hydrogen) atoms. The van der Waals surface area contributed by atoms with Gasteiger partial charge in [-0.3, -0.25) is 4.79 Å². The number of hydrogen-bond acceptors (Lipinski definition) is 11. The number of aliphatic hydroxyl groups excluding tert-OH is 1. The van der Waals surface area contributed by atoms with Gasteiger partial charge in [0.1, 0.15) is 4.90 Å². The number of nitrogens with one attached hydrogen (secondary N) is 2. The van der Waals surface area contributed by atoms with E-state index in [0.717, 1.165) is 39.4 Å². The van der Waals surface area contributed by atoms with Crippen molar-refractivity contribution in [1.82, 2.24) is 9.62 Å². The molecule has 3 N–H and O–H groups in total. The molecule has 378 valence electrons. The number of nitrogens with zero attached hydrogens (tertiary/aromatic N) is 2. The van der Waals surface area contributed by atoms with Crippen LogP contribution in [-0.2, 0) is 24.3 Å². The second kappa shape index (κ2) is 23.0. The lowest BCUT2D eigenvalue weighted by molar-refractivity contribution is -0.0435. The number of alkyl halides is 3. The topological polar surface area (TPSA) is 145 Å². The Morgan fingerprint density at radius 3 is 2.14 bits per heavy atom. The number of rotatable bonds is 20. The molecule has 0 radical (unpaired) electrons. The normalized spacial score (nSPS) is 15.2. The minimum atomic E-state index is -6.10. The van der Waals surface area contributed by atoms with Crippen LogP contribution in [0.25, 0.3) is 11.1 Å². The number of carbonyl (C=O) groups excluding carboxylic acids is 1. The zero-order chi connectivity index (χ0) is 51.1. The summed E-state index contributed by atoms with van der Waals surface area (Å²) in [5.74, 6) is -0.750. The average Bonchev–Trinajstić information content (AvgIpc) is 3.32. The van der Waals surface area contributed by atoms with E-state index in [2.05, 4.69) is 44.1 Å². The van der Waals surface area contributed by atoms with Gasteiger partial charge in [0.25, 0.3) is 25.8 Å². The lowest BCUT2D eigenvalue weighted by Gasteiger charge is -2.36. The second-order valence-electron chi connectivity index (χ2n) is 19.1. The van der Waals surface area contributed by atoms with Crippen molar-refractivity contribution in [2.24, 2.45) is 5.92 Å². The predicted molar refractivity (Wildman–Crippen MR) is 277 cm³/mol. The van der Waals surface area contributed by atoms with Gasteiger partial charge in [0, 0.05) is 59.2 Å². The molecule has 0 spiro atoms. The number of halogens is 4. The first kappa shape index (κ1) is 54.9. The van der Waals surface area contributed by atoms with Crippen molar-refractivity contribution in [3.63, 3.8) is 0 Å². The molecule has 1 unspecified atom stereocenters. The van der Waals surface area contributed by atoms with E-state index in [1.165, 1.54) is 23.9 Å². The van der Waals surface area contributed by atoms with Crippen LogP contribution in [0.1, 0.15) is 62.1 Å². The maximum Gasteiger partial charge on any atom is 0.501 e. The second-order valence-corrected chi connectivity index (χ2v) is 29.0. The number of benzene rings is 5. The van der Waals surface area contributed by atoms with Gasteiger partial charge in [-0.1, -0.05) is 87.0 Å². The molecule has 1 heterocycles. The number of carbonyl (C=O) groups is 1. The standard InChI is InChI=1S/C51H62ClF3N4O7S3Si/c1-50(2,3)70(5,6)66-33-32-58(4)29-28-40(35-67-42-12-8-7-9-13-42)56-46-25-24-43(34-47(46)68(62,63)51(53,54)55)69(64,65)57-49(61)38-18-22-41(23-19-38)59-30-26-37(27-31-59)48(60)45-15-11-10-14-44(45)36-16-20-39(52)21-17-36/h7-25,34,37,40,48,56,60H,26-33,35H2,1-6H3,(H,57,61)/t40?,48-/m1/s1. The predicted octanol–water partition coefficient (Wildman–Crippen LogP) is 11.3. The number of anilines is 2. The Hall–Kier alpha value is -4.40. The van der Waals surface area contributed by atoms with E-state index in [1.807, 2.05) is 95.5 Å². The molecule has 1 amide bonds. The molecule has 0 aliphatic carbocycles. The molecule has 0 saturated carbocycles. The molecule has 6 rings (SSSR count). The van der Waals surface area contributed by atoms with E-state index < -0.39 is 67.2 Å². The zero-order valence-corrected chi connectivity index (χ0v) is 44.4. The number of aliphatic hydroxyl groups is 1. The van der Waals surface area contributed by atoms with Crippen molar-refractivity contribution in [1.29, 1.82) is 0 Å². The van der Waals surface area contributed by atoms with Crippen molar-refractivity contribution in [3.05, 3.63) is 137 Å². The largest absolute Gasteiger partial charge is 0.501 e. The summed E-state index contributed by atoms with van der Waals surface area (Å²) < 4.78 is 105. The van der Waals surface area contributed by atoms with E-state index in [9.17, 15) is 39.9 Å². The van der Waals surface area contributed by atoms with Gasteiger partial charge in [-0.2, -0.15) is 13.2 Å². The van der Waals surface area contributed by atoms with Crippen molar-refractivity contribution in [2.75, 3.05) is 55.8 Å². The number of piperidine rings is 1. The first-order valence-corrected chi connectivity index (χ1v) is 30.3. The minimum Gasteiger partial charge on any atom is -0.416 e. The third-order valence-electron chi connectivity index (χ3n) is 13.2. The molecular weight excluding hydrogens is 997 g/mol. The fourth-order valence-corrected chi connectivity index (χ4v) is 12.0. The molecule has 5 aromatic carbocycles. The van der Waals surface area contributed by atoms with Crippen LogP contribution < -0.4 is 14.9 Å². The van der Waals surface area contributed by atoms with E-state index in [1.54, 1.807) is 12.1 Å². The summed E-state index contributed by atoms with van der Waals surface area (Å²) in [7, 11) is -11.1. The maximum absolute atomic E-state index is 14.3. The van der Waals surface area contributed by atoms with Gasteiger partial charge in [0.2, 0.25) is 0 Å². The summed E-state index contributed by atoms with van der Waals surface area (Å²) >= 11 is 7.54. The van der Waals surface area contributed by atoms with Gasteiger partial charge in [0.15, 0.2) is 8.32 Å². The lowest BCUT2D eigenvalue weighted by Crippen LogP contribution is -2.42. The molecule has 0 bridgehead atoms. The fraction of sp³-hybridized carbons (Fsp3) is 0.392. The monoisotopic (exact) mass is 1060 g/mol. The number of sulfone groups is 1. The molecule has 0 aromatic heterocycles. The van der Waals surface area contributed by atoms with Gasteiger partial charge in [-0.15, -0.1) is 11.8 Å². The van der Waals surface area contributed by atoms with Crippen molar-refractivity contribution in [2.45, 2.75) is 90.5 Å². The Labute approximate surface area is 421 Å². The molecule has 2 atom stereocenters. The Balaban J connectivity index is 1.13. The lowest BCUT2D eigenvalue weighted by atomic mass is 9.84. The summed E-state index contributed by atoms with van der Waals surface area (Å²) in [4.78, 5) is 16.3. The molecule has 1 saturated heterocycles. The molecular formula is C51H62ClF3N4O7S3Si. The van der Waals surface area contributed by atoms with Gasteiger partial charge < -0.3 is 24.6 Å². The number of hydrogen-bond donors (Lipinski definition) is 3. The van der Waals surface area contributed by atoms with Crippen LogP contribution in [0.3, 0.4) is 0 Å². The third-order valence-corrected chi connectivity index (χ3v) is 22.0. The number of sulfonamides is 1. The van der Waals surface area contributed by atoms with Crippen molar-refractivity contribution >= 4 is 68.8 Å². The first-order valence-electron chi connectivity index (χ1n) is 23.0. The van der Waals surface area contributed by atoms with E-state index in [-0.39, 0.29) is 16.5 Å². The smallest absolute Gasteiger partial charge is 0.416 e. The van der Waals surface area contributed by atoms with Gasteiger partial charge >= 0.3 is 5.51 Å². The number of thioether (sulfide) groups is 1. The van der Waals surface area contributed by atoms with Crippen LogP contribution >= 0.6 is 23.4 Å². The van der Waals surface area contributed by atoms with Crippen molar-refractivity contribution < 1.29 is 44.3 Å². The number of likely N-dealkylation sites (N-methyl/N-ethyl adjacent to an activating group) is 1. The minimum absolute atomic E-state index is 0.0214. The molecule has 1 aliphatic heterocycles. The maximum atomic E-state index is 14.3. The molecule has 11 nitrogen and oxygen atoms in total. The Kier molecular flexibility index (Phi) is 18.0. The summed E-state index contributed by atoms with van der Waals surface area (Å²) in [6.07, 6.45) is 1.03. The van der Waals surface area contributed by atoms with Gasteiger partial charge in [-0.25, -0.2) is 21.6 Å². The molecule has 5 aromatic rings. The highest BCUT2D eigenvalue weighted by Crippen LogP contribution is 2.40. The average molecular weight is 1060 g/mol. The van der Waals surface area contributed by atoms with Crippen LogP contribution in [0.15, 0.2) is 136 Å². The quantitative estimate of drug-likeness (QED) is 0.0506. The van der Waals surface area contributed by atoms with Crippen molar-refractivity contribution in [3.8, 4) is 11.1 Å². The first-order chi connectivity index (χ1) is 32.9. The molecule has 1 fully saturated rings. The summed E-state index contributed by atoms with van der Waals surface area (Å²) in [5, 5.41) is 15.2. The summed E-state index contributed by atoms with van der Waals surface area (Å²) in [6.45, 7) is 13.6. The Morgan fingerprint density at radius 1 is 0.886 bits per heavy atom. The molecule has 19 heteroatoms. The third kappa shape index (κ3) is 14.0. The van der Waals surface area contributed by atoms with E-state index in [0.29, 0.717) is 68.9 Å². The fourth-order valence-electron chi connectivity index (χ4n) is 7.87. The van der Waals surface area contributed by atoms with E-state index in [4.69, 9.17) is 16.0 Å². The summed E-state index contributed by atoms with van der Waals surface area (Å²) in [5.41, 5.74) is -2.77. The highest BCUT2D eigenvalue weighted by atomic mass is 35.5.